The molecule has 4 aromatic carbocycles. The molecule has 6 heteroatoms. The van der Waals surface area contributed by atoms with Gasteiger partial charge in [-0.1, -0.05) is 51.0 Å². The van der Waals surface area contributed by atoms with E-state index in [0.29, 0.717) is 13.2 Å². The molecule has 6 nitrogen and oxygen atoms in total. The summed E-state index contributed by atoms with van der Waals surface area (Å²) in [5, 5.41) is 17.4. The van der Waals surface area contributed by atoms with E-state index in [1.807, 2.05) is 72.8 Å². The third-order valence-corrected chi connectivity index (χ3v) is 6.82. The van der Waals surface area contributed by atoms with Crippen LogP contribution in [0, 0.1) is 0 Å². The summed E-state index contributed by atoms with van der Waals surface area (Å²) >= 11 is 0. The molecule has 0 aliphatic carbocycles. The Hall–Kier alpha value is -4.32. The van der Waals surface area contributed by atoms with Crippen molar-refractivity contribution in [2.75, 3.05) is 13.2 Å². The zero-order valence-corrected chi connectivity index (χ0v) is 24.9. The first kappa shape index (κ1) is 30.6. The van der Waals surface area contributed by atoms with Crippen molar-refractivity contribution in [2.24, 2.45) is 20.5 Å². The van der Waals surface area contributed by atoms with Crippen LogP contribution in [0.1, 0.15) is 63.5 Å². The van der Waals surface area contributed by atoms with Gasteiger partial charge in [0.05, 0.1) is 36.0 Å². The van der Waals surface area contributed by atoms with Crippen molar-refractivity contribution in [3.05, 3.63) is 108 Å². The van der Waals surface area contributed by atoms with Crippen LogP contribution in [0.25, 0.3) is 0 Å². The lowest BCUT2D eigenvalue weighted by Crippen LogP contribution is -2.02. The zero-order chi connectivity index (χ0) is 29.2. The highest BCUT2D eigenvalue weighted by molar-refractivity contribution is 5.44. The van der Waals surface area contributed by atoms with Crippen LogP contribution in [0.15, 0.2) is 118 Å². The Kier molecular flexibility index (Phi) is 12.8. The summed E-state index contributed by atoms with van der Waals surface area (Å²) in [5.41, 5.74) is 6.01. The van der Waals surface area contributed by atoms with Crippen molar-refractivity contribution in [3.8, 4) is 11.5 Å². The van der Waals surface area contributed by atoms with Crippen LogP contribution in [-0.4, -0.2) is 13.2 Å². The van der Waals surface area contributed by atoms with Gasteiger partial charge < -0.3 is 9.47 Å². The fourth-order valence-corrected chi connectivity index (χ4v) is 4.25. The molecule has 0 aromatic heterocycles. The minimum absolute atomic E-state index is 0.632. The molecule has 0 atom stereocenters. The van der Waals surface area contributed by atoms with Gasteiger partial charge in [0.1, 0.15) is 11.5 Å². The van der Waals surface area contributed by atoms with E-state index < -0.39 is 0 Å². The van der Waals surface area contributed by atoms with Crippen molar-refractivity contribution >= 4 is 22.7 Å². The summed E-state index contributed by atoms with van der Waals surface area (Å²) in [4.78, 5) is 0. The molecule has 0 amide bonds. The minimum Gasteiger partial charge on any atom is -0.494 e. The number of hydrogen-bond acceptors (Lipinski definition) is 6. The predicted molar refractivity (Wildman–Crippen MR) is 172 cm³/mol. The van der Waals surface area contributed by atoms with Gasteiger partial charge in [-0.05, 0) is 122 Å². The highest BCUT2D eigenvalue weighted by atomic mass is 16.5. The number of aryl methyl sites for hydroxylation is 2. The average molecular weight is 563 g/mol. The molecule has 0 aliphatic heterocycles. The molecule has 0 bridgehead atoms. The Morgan fingerprint density at radius 2 is 0.714 bits per heavy atom. The highest BCUT2D eigenvalue weighted by Gasteiger charge is 1.99. The Balaban J connectivity index is 1.10. The van der Waals surface area contributed by atoms with Gasteiger partial charge in [-0.15, -0.1) is 0 Å². The van der Waals surface area contributed by atoms with Gasteiger partial charge in [0, 0.05) is 0 Å². The largest absolute Gasteiger partial charge is 0.494 e. The zero-order valence-electron chi connectivity index (χ0n) is 24.9. The quantitative estimate of drug-likeness (QED) is 0.0948. The van der Waals surface area contributed by atoms with E-state index in [0.717, 1.165) is 59.9 Å². The number of azo groups is 2. The molecule has 0 fully saturated rings. The van der Waals surface area contributed by atoms with Crippen LogP contribution in [0.3, 0.4) is 0 Å². The summed E-state index contributed by atoms with van der Waals surface area (Å²) < 4.78 is 11.7. The van der Waals surface area contributed by atoms with Crippen LogP contribution in [0.5, 0.6) is 11.5 Å². The van der Waals surface area contributed by atoms with Crippen LogP contribution < -0.4 is 9.47 Å². The van der Waals surface area contributed by atoms with Crippen molar-refractivity contribution in [3.63, 3.8) is 0 Å². The first-order valence-corrected chi connectivity index (χ1v) is 15.2. The fourth-order valence-electron chi connectivity index (χ4n) is 4.25. The number of nitrogens with zero attached hydrogens (tertiary/aromatic N) is 4. The Bertz CT molecular complexity index is 1260. The minimum atomic E-state index is 0.632. The lowest BCUT2D eigenvalue weighted by atomic mass is 10.1. The van der Waals surface area contributed by atoms with Crippen LogP contribution in [0.2, 0.25) is 0 Å². The number of hydrogen-bond donors (Lipinski definition) is 0. The molecule has 4 rings (SSSR count). The number of ether oxygens (including phenoxy) is 2. The van der Waals surface area contributed by atoms with Gasteiger partial charge in [-0.25, -0.2) is 0 Å². The van der Waals surface area contributed by atoms with Crippen molar-refractivity contribution < 1.29 is 9.47 Å². The SMILES string of the molecule is CCCCc1ccc(N=Nc2ccc(OCCCCOc3ccc(N=Nc4ccc(CCCC)cc4)cc3)cc2)cc1. The molecule has 0 saturated heterocycles. The second kappa shape index (κ2) is 17.5. The molecule has 0 radical (unpaired) electrons. The fraction of sp³-hybridized carbons (Fsp3) is 0.333. The van der Waals surface area contributed by atoms with E-state index in [-0.39, 0.29) is 0 Å². The van der Waals surface area contributed by atoms with E-state index in [9.17, 15) is 0 Å². The Morgan fingerprint density at radius 1 is 0.405 bits per heavy atom. The smallest absolute Gasteiger partial charge is 0.119 e. The van der Waals surface area contributed by atoms with Gasteiger partial charge in [0.25, 0.3) is 0 Å². The van der Waals surface area contributed by atoms with Crippen molar-refractivity contribution in [2.45, 2.75) is 65.2 Å². The van der Waals surface area contributed by atoms with Crippen molar-refractivity contribution in [1.29, 1.82) is 0 Å². The summed E-state index contributed by atoms with van der Waals surface area (Å²) in [6, 6.07) is 32.0. The van der Waals surface area contributed by atoms with E-state index in [4.69, 9.17) is 9.47 Å². The predicted octanol–water partition coefficient (Wildman–Crippen LogP) is 11.4. The summed E-state index contributed by atoms with van der Waals surface area (Å²) in [6.07, 6.45) is 8.86. The standard InChI is InChI=1S/C36H42N4O2/c1-3-5-9-29-11-15-31(16-12-29)37-39-33-19-23-35(24-20-33)41-27-7-8-28-42-36-25-21-34(22-26-36)40-38-32-17-13-30(14-18-32)10-6-4-2/h11-26H,3-10,27-28H2,1-2H3. The van der Waals surface area contributed by atoms with Crippen LogP contribution >= 0.6 is 0 Å². The monoisotopic (exact) mass is 562 g/mol. The first-order valence-electron chi connectivity index (χ1n) is 15.2. The number of rotatable bonds is 17. The average Bonchev–Trinajstić information content (AvgIpc) is 3.04. The Labute approximate surface area is 250 Å². The molecular weight excluding hydrogens is 520 g/mol. The maximum atomic E-state index is 5.87. The van der Waals surface area contributed by atoms with Gasteiger partial charge >= 0.3 is 0 Å². The maximum absolute atomic E-state index is 5.87. The highest BCUT2D eigenvalue weighted by Crippen LogP contribution is 2.24. The van der Waals surface area contributed by atoms with E-state index in [2.05, 4.69) is 58.6 Å². The van der Waals surface area contributed by atoms with Gasteiger partial charge in [0.2, 0.25) is 0 Å². The topological polar surface area (TPSA) is 67.9 Å². The molecule has 0 N–H and O–H groups in total. The van der Waals surface area contributed by atoms with Crippen molar-refractivity contribution in [1.82, 2.24) is 0 Å². The van der Waals surface area contributed by atoms with Gasteiger partial charge in [-0.3, -0.25) is 0 Å². The molecule has 4 aromatic rings. The summed E-state index contributed by atoms with van der Waals surface area (Å²) in [5.74, 6) is 1.65. The molecule has 0 heterocycles. The normalized spacial score (nSPS) is 11.4. The maximum Gasteiger partial charge on any atom is 0.119 e. The molecule has 0 unspecified atom stereocenters. The summed E-state index contributed by atoms with van der Waals surface area (Å²) in [7, 11) is 0. The second-order valence-corrected chi connectivity index (χ2v) is 10.3. The number of unbranched alkanes of at least 4 members (excludes halogenated alkanes) is 3. The molecule has 0 spiro atoms. The molecule has 42 heavy (non-hydrogen) atoms. The van der Waals surface area contributed by atoms with E-state index in [1.165, 1.54) is 36.8 Å². The van der Waals surface area contributed by atoms with Crippen LogP contribution in [0.4, 0.5) is 22.7 Å². The van der Waals surface area contributed by atoms with Crippen LogP contribution in [-0.2, 0) is 12.8 Å². The van der Waals surface area contributed by atoms with E-state index >= 15 is 0 Å². The molecule has 0 aliphatic rings. The third kappa shape index (κ3) is 10.9. The summed E-state index contributed by atoms with van der Waals surface area (Å²) in [6.45, 7) is 5.68. The van der Waals surface area contributed by atoms with E-state index in [1.54, 1.807) is 0 Å². The number of benzene rings is 4. The second-order valence-electron chi connectivity index (χ2n) is 10.3. The van der Waals surface area contributed by atoms with Gasteiger partial charge in [-0.2, -0.15) is 20.5 Å². The third-order valence-electron chi connectivity index (χ3n) is 6.82. The van der Waals surface area contributed by atoms with Gasteiger partial charge in [0.15, 0.2) is 0 Å². The molecule has 0 saturated carbocycles. The molecular formula is C36H42N4O2. The lowest BCUT2D eigenvalue weighted by Gasteiger charge is -2.08. The Morgan fingerprint density at radius 3 is 1.02 bits per heavy atom. The first-order chi connectivity index (χ1) is 20.7. The molecule has 218 valence electrons. The lowest BCUT2D eigenvalue weighted by molar-refractivity contribution is 0.266.